The molecule has 0 fully saturated rings. The Hall–Kier alpha value is -1.97. The van der Waals surface area contributed by atoms with Gasteiger partial charge in [0, 0.05) is 23.7 Å². The van der Waals surface area contributed by atoms with E-state index in [1.165, 1.54) is 32.0 Å². The van der Waals surface area contributed by atoms with Crippen molar-refractivity contribution in [2.24, 2.45) is 0 Å². The van der Waals surface area contributed by atoms with Crippen LogP contribution in [-0.4, -0.2) is 18.0 Å². The molecule has 0 aliphatic heterocycles. The summed E-state index contributed by atoms with van der Waals surface area (Å²) in [4.78, 5) is 32.5. The number of hydrogen-bond donors (Lipinski definition) is 1. The van der Waals surface area contributed by atoms with E-state index in [0.29, 0.717) is 23.1 Å². The van der Waals surface area contributed by atoms with Crippen LogP contribution in [0.5, 0.6) is 0 Å². The molecule has 4 nitrogen and oxygen atoms in total. The number of anilines is 1. The summed E-state index contributed by atoms with van der Waals surface area (Å²) in [5.41, 5.74) is 1.23. The van der Waals surface area contributed by atoms with Crippen molar-refractivity contribution in [2.45, 2.75) is 13.8 Å². The van der Waals surface area contributed by atoms with E-state index in [9.17, 15) is 14.4 Å². The minimum atomic E-state index is -0.243. The molecule has 0 saturated carbocycles. The van der Waals surface area contributed by atoms with Gasteiger partial charge in [-0.25, -0.2) is 0 Å². The first-order chi connectivity index (χ1) is 7.02. The molecule has 0 heterocycles. The number of amides is 1. The average molecular weight is 205 g/mol. The van der Waals surface area contributed by atoms with Gasteiger partial charge >= 0.3 is 0 Å². The van der Waals surface area contributed by atoms with Crippen LogP contribution in [0.2, 0.25) is 0 Å². The van der Waals surface area contributed by atoms with E-state index >= 15 is 0 Å². The number of carbonyl (C=O) groups excluding carboxylic acids is 3. The number of aldehydes is 1. The van der Waals surface area contributed by atoms with Crippen LogP contribution in [-0.2, 0) is 4.79 Å². The standard InChI is InChI=1S/C11H11NO3/c1-7(14)10-3-9(6-13)4-11(5-10)12-8(2)15/h3-6H,1-2H3,(H,12,15). The van der Waals surface area contributed by atoms with Crippen LogP contribution in [0, 0.1) is 0 Å². The molecule has 0 aliphatic carbocycles. The molecule has 1 rings (SSSR count). The highest BCUT2D eigenvalue weighted by Gasteiger charge is 2.05. The van der Waals surface area contributed by atoms with Crippen LogP contribution < -0.4 is 5.32 Å². The molecule has 1 N–H and O–H groups in total. The summed E-state index contributed by atoms with van der Waals surface area (Å²) < 4.78 is 0. The summed E-state index contributed by atoms with van der Waals surface area (Å²) in [5.74, 6) is -0.391. The van der Waals surface area contributed by atoms with Crippen molar-refractivity contribution in [3.05, 3.63) is 29.3 Å². The third-order valence-electron chi connectivity index (χ3n) is 1.82. The molecule has 1 aromatic carbocycles. The van der Waals surface area contributed by atoms with E-state index < -0.39 is 0 Å². The fourth-order valence-electron chi connectivity index (χ4n) is 1.20. The number of Topliss-reactive ketones (excluding diaryl/α,β-unsaturated/α-hetero) is 1. The van der Waals surface area contributed by atoms with Crippen molar-refractivity contribution < 1.29 is 14.4 Å². The third kappa shape index (κ3) is 3.02. The van der Waals surface area contributed by atoms with E-state index in [4.69, 9.17) is 0 Å². The lowest BCUT2D eigenvalue weighted by Gasteiger charge is -2.05. The van der Waals surface area contributed by atoms with Crippen molar-refractivity contribution in [2.75, 3.05) is 5.32 Å². The van der Waals surface area contributed by atoms with Gasteiger partial charge in [-0.05, 0) is 25.1 Å². The minimum Gasteiger partial charge on any atom is -0.326 e. The van der Waals surface area contributed by atoms with Gasteiger partial charge in [0.05, 0.1) is 0 Å². The molecule has 0 radical (unpaired) electrons. The Kier molecular flexibility index (Phi) is 3.33. The average Bonchev–Trinajstić information content (AvgIpc) is 2.16. The van der Waals surface area contributed by atoms with E-state index in [1.807, 2.05) is 0 Å². The van der Waals surface area contributed by atoms with Gasteiger partial charge in [-0.15, -0.1) is 0 Å². The summed E-state index contributed by atoms with van der Waals surface area (Å²) in [6, 6.07) is 4.54. The molecule has 0 aromatic heterocycles. The van der Waals surface area contributed by atoms with Gasteiger partial charge in [-0.1, -0.05) is 0 Å². The molecule has 0 saturated heterocycles. The number of nitrogens with one attached hydrogen (secondary N) is 1. The zero-order chi connectivity index (χ0) is 11.4. The number of ketones is 1. The first-order valence-electron chi connectivity index (χ1n) is 4.41. The first-order valence-corrected chi connectivity index (χ1v) is 4.41. The van der Waals surface area contributed by atoms with E-state index in [2.05, 4.69) is 5.32 Å². The van der Waals surface area contributed by atoms with Crippen molar-refractivity contribution >= 4 is 23.7 Å². The van der Waals surface area contributed by atoms with Crippen LogP contribution in [0.15, 0.2) is 18.2 Å². The lowest BCUT2D eigenvalue weighted by Crippen LogP contribution is -2.07. The number of rotatable bonds is 3. The number of hydrogen-bond acceptors (Lipinski definition) is 3. The lowest BCUT2D eigenvalue weighted by atomic mass is 10.1. The van der Waals surface area contributed by atoms with Gasteiger partial charge in [0.15, 0.2) is 5.78 Å². The summed E-state index contributed by atoms with van der Waals surface area (Å²) in [6.07, 6.45) is 0.637. The summed E-state index contributed by atoms with van der Waals surface area (Å²) in [7, 11) is 0. The van der Waals surface area contributed by atoms with E-state index in [0.717, 1.165) is 0 Å². The molecule has 0 spiro atoms. The predicted molar refractivity (Wildman–Crippen MR) is 56.1 cm³/mol. The fraction of sp³-hybridized carbons (Fsp3) is 0.182. The summed E-state index contributed by atoms with van der Waals surface area (Å²) in [5, 5.41) is 2.52. The SMILES string of the molecule is CC(=O)Nc1cc(C=O)cc(C(C)=O)c1. The smallest absolute Gasteiger partial charge is 0.221 e. The fourth-order valence-corrected chi connectivity index (χ4v) is 1.20. The van der Waals surface area contributed by atoms with Gasteiger partial charge in [0.25, 0.3) is 0 Å². The zero-order valence-electron chi connectivity index (χ0n) is 8.53. The molecule has 4 heteroatoms. The molecular formula is C11H11NO3. The third-order valence-corrected chi connectivity index (χ3v) is 1.82. The zero-order valence-corrected chi connectivity index (χ0v) is 8.53. The normalized spacial score (nSPS) is 9.47. The largest absolute Gasteiger partial charge is 0.326 e. The van der Waals surface area contributed by atoms with Crippen molar-refractivity contribution in [3.63, 3.8) is 0 Å². The minimum absolute atomic E-state index is 0.148. The highest BCUT2D eigenvalue weighted by atomic mass is 16.1. The Labute approximate surface area is 87.3 Å². The summed E-state index contributed by atoms with van der Waals surface area (Å²) >= 11 is 0. The maximum atomic E-state index is 11.1. The molecule has 0 atom stereocenters. The number of carbonyl (C=O) groups is 3. The quantitative estimate of drug-likeness (QED) is 0.603. The Morgan fingerprint density at radius 3 is 2.33 bits per heavy atom. The van der Waals surface area contributed by atoms with Gasteiger partial charge in [-0.3, -0.25) is 14.4 Å². The predicted octanol–water partition coefficient (Wildman–Crippen LogP) is 1.66. The van der Waals surface area contributed by atoms with E-state index in [1.54, 1.807) is 0 Å². The van der Waals surface area contributed by atoms with Crippen LogP contribution >= 0.6 is 0 Å². The molecule has 0 bridgehead atoms. The van der Waals surface area contributed by atoms with Crippen LogP contribution in [0.25, 0.3) is 0 Å². The maximum Gasteiger partial charge on any atom is 0.221 e. The molecule has 1 amide bonds. The van der Waals surface area contributed by atoms with Gasteiger partial charge < -0.3 is 5.32 Å². The Morgan fingerprint density at radius 1 is 1.20 bits per heavy atom. The highest BCUT2D eigenvalue weighted by molar-refractivity contribution is 5.98. The van der Waals surface area contributed by atoms with Crippen LogP contribution in [0.3, 0.4) is 0 Å². The Balaban J connectivity index is 3.16. The lowest BCUT2D eigenvalue weighted by molar-refractivity contribution is -0.114. The van der Waals surface area contributed by atoms with Crippen molar-refractivity contribution in [3.8, 4) is 0 Å². The second-order valence-electron chi connectivity index (χ2n) is 3.20. The van der Waals surface area contributed by atoms with Gasteiger partial charge in [-0.2, -0.15) is 0 Å². The van der Waals surface area contributed by atoms with Crippen LogP contribution in [0.1, 0.15) is 34.6 Å². The molecule has 78 valence electrons. The Morgan fingerprint density at radius 2 is 1.87 bits per heavy atom. The number of benzene rings is 1. The Bertz CT molecular complexity index is 424. The van der Waals surface area contributed by atoms with E-state index in [-0.39, 0.29) is 11.7 Å². The first kappa shape index (κ1) is 11.1. The maximum absolute atomic E-state index is 11.1. The summed E-state index contributed by atoms with van der Waals surface area (Å²) in [6.45, 7) is 2.77. The van der Waals surface area contributed by atoms with Crippen molar-refractivity contribution in [1.82, 2.24) is 0 Å². The topological polar surface area (TPSA) is 63.2 Å². The highest BCUT2D eigenvalue weighted by Crippen LogP contribution is 2.14. The molecule has 15 heavy (non-hydrogen) atoms. The molecule has 0 unspecified atom stereocenters. The van der Waals surface area contributed by atoms with Crippen molar-refractivity contribution in [1.29, 1.82) is 0 Å². The van der Waals surface area contributed by atoms with Gasteiger partial charge in [0.2, 0.25) is 5.91 Å². The molecular weight excluding hydrogens is 194 g/mol. The second kappa shape index (κ2) is 4.50. The van der Waals surface area contributed by atoms with Crippen LogP contribution in [0.4, 0.5) is 5.69 Å². The van der Waals surface area contributed by atoms with Gasteiger partial charge in [0.1, 0.15) is 6.29 Å². The molecule has 0 aliphatic rings. The molecule has 1 aromatic rings. The second-order valence-corrected chi connectivity index (χ2v) is 3.20. The monoisotopic (exact) mass is 205 g/mol.